The van der Waals surface area contributed by atoms with Gasteiger partial charge < -0.3 is 15.0 Å². The van der Waals surface area contributed by atoms with Gasteiger partial charge in [-0.15, -0.1) is 0 Å². The van der Waals surface area contributed by atoms with E-state index < -0.39 is 11.9 Å². The van der Waals surface area contributed by atoms with Crippen LogP contribution in [0.15, 0.2) is 36.7 Å². The number of primary amides is 1. The molecule has 2 N–H and O–H groups in total. The van der Waals surface area contributed by atoms with Crippen molar-refractivity contribution in [2.24, 2.45) is 5.73 Å². The number of benzene rings is 1. The lowest BCUT2D eigenvalue weighted by Gasteiger charge is -2.07. The second-order valence-corrected chi connectivity index (χ2v) is 5.55. The van der Waals surface area contributed by atoms with Gasteiger partial charge in [0.1, 0.15) is 0 Å². The number of halogens is 1. The number of amides is 1. The zero-order chi connectivity index (χ0) is 17.3. The number of ether oxygens (including phenoxy) is 1. The molecule has 0 radical (unpaired) electrons. The van der Waals surface area contributed by atoms with Gasteiger partial charge in [-0.1, -0.05) is 17.7 Å². The predicted molar refractivity (Wildman–Crippen MR) is 87.9 cm³/mol. The lowest BCUT2D eigenvalue weighted by atomic mass is 10.1. The van der Waals surface area contributed by atoms with E-state index in [1.807, 2.05) is 18.2 Å². The maximum Gasteiger partial charge on any atom is 0.358 e. The van der Waals surface area contributed by atoms with Crippen LogP contribution in [-0.2, 0) is 11.3 Å². The summed E-state index contributed by atoms with van der Waals surface area (Å²) in [6.07, 6.45) is 3.01. The Bertz CT molecular complexity index is 952. The summed E-state index contributed by atoms with van der Waals surface area (Å²) in [7, 11) is 1.24. The van der Waals surface area contributed by atoms with Gasteiger partial charge in [0.15, 0.2) is 11.5 Å². The van der Waals surface area contributed by atoms with Gasteiger partial charge in [-0.25, -0.2) is 9.78 Å². The molecule has 3 aromatic rings. The highest BCUT2D eigenvalue weighted by molar-refractivity contribution is 6.31. The molecule has 24 heavy (non-hydrogen) atoms. The second-order valence-electron chi connectivity index (χ2n) is 5.11. The first-order chi connectivity index (χ1) is 11.5. The number of carbonyl (C=O) groups excluding carboxylic acids is 2. The van der Waals surface area contributed by atoms with Crippen molar-refractivity contribution in [2.45, 2.75) is 6.54 Å². The van der Waals surface area contributed by atoms with Gasteiger partial charge in [-0.05, 0) is 23.8 Å². The van der Waals surface area contributed by atoms with Crippen molar-refractivity contribution in [1.82, 2.24) is 14.5 Å². The molecule has 2 aromatic heterocycles. The number of carbonyl (C=O) groups is 2. The fourth-order valence-corrected chi connectivity index (χ4v) is 2.55. The highest BCUT2D eigenvalue weighted by Gasteiger charge is 2.18. The van der Waals surface area contributed by atoms with Crippen LogP contribution in [0.3, 0.4) is 0 Å². The number of nitrogens with two attached hydrogens (primary N) is 1. The Hall–Kier alpha value is -2.93. The van der Waals surface area contributed by atoms with Crippen LogP contribution in [-0.4, -0.2) is 33.5 Å². The average Bonchev–Trinajstić information content (AvgIpc) is 2.98. The van der Waals surface area contributed by atoms with Gasteiger partial charge in [-0.3, -0.25) is 9.78 Å². The fourth-order valence-electron chi connectivity index (χ4n) is 2.39. The fraction of sp³-hybridized carbons (Fsp3) is 0.125. The predicted octanol–water partition coefficient (Wildman–Crippen LogP) is 2.02. The number of pyridine rings is 1. The van der Waals surface area contributed by atoms with E-state index >= 15 is 0 Å². The molecular weight excluding hydrogens is 332 g/mol. The summed E-state index contributed by atoms with van der Waals surface area (Å²) in [5.41, 5.74) is 7.04. The average molecular weight is 345 g/mol. The molecule has 0 saturated heterocycles. The van der Waals surface area contributed by atoms with Gasteiger partial charge in [0.25, 0.3) is 5.91 Å². The van der Waals surface area contributed by atoms with E-state index in [1.54, 1.807) is 12.3 Å². The van der Waals surface area contributed by atoms with Gasteiger partial charge in [0.2, 0.25) is 0 Å². The molecule has 0 unspecified atom stereocenters. The Morgan fingerprint density at radius 1 is 1.33 bits per heavy atom. The lowest BCUT2D eigenvalue weighted by molar-refractivity contribution is 0.0594. The Kier molecular flexibility index (Phi) is 4.18. The van der Waals surface area contributed by atoms with Crippen LogP contribution in [0.1, 0.15) is 26.7 Å². The number of esters is 1. The molecule has 2 heterocycles. The summed E-state index contributed by atoms with van der Waals surface area (Å²) >= 11 is 5.96. The van der Waals surface area contributed by atoms with E-state index in [1.165, 1.54) is 17.9 Å². The molecule has 1 amide bonds. The number of hydrogen-bond acceptors (Lipinski definition) is 5. The van der Waals surface area contributed by atoms with Crippen molar-refractivity contribution in [3.8, 4) is 0 Å². The van der Waals surface area contributed by atoms with Crippen molar-refractivity contribution < 1.29 is 14.3 Å². The maximum atomic E-state index is 11.6. The van der Waals surface area contributed by atoms with Crippen LogP contribution in [0.5, 0.6) is 0 Å². The Morgan fingerprint density at radius 2 is 2.12 bits per heavy atom. The van der Waals surface area contributed by atoms with Gasteiger partial charge in [0.05, 0.1) is 17.6 Å². The highest BCUT2D eigenvalue weighted by atomic mass is 35.5. The van der Waals surface area contributed by atoms with Crippen LogP contribution in [0.25, 0.3) is 10.9 Å². The molecule has 3 rings (SSSR count). The zero-order valence-electron chi connectivity index (χ0n) is 12.7. The summed E-state index contributed by atoms with van der Waals surface area (Å²) in [4.78, 5) is 31.3. The number of fused-ring (bicyclic) bond motifs is 1. The Balaban J connectivity index is 1.99. The summed E-state index contributed by atoms with van der Waals surface area (Å²) in [6, 6.07) is 7.42. The summed E-state index contributed by atoms with van der Waals surface area (Å²) in [6.45, 7) is 0.310. The van der Waals surface area contributed by atoms with E-state index in [9.17, 15) is 9.59 Å². The molecule has 0 aliphatic heterocycles. The van der Waals surface area contributed by atoms with Crippen LogP contribution in [0, 0.1) is 0 Å². The van der Waals surface area contributed by atoms with Crippen LogP contribution < -0.4 is 5.73 Å². The zero-order valence-corrected chi connectivity index (χ0v) is 13.4. The van der Waals surface area contributed by atoms with E-state index in [0.717, 1.165) is 16.5 Å². The quantitative estimate of drug-likeness (QED) is 0.730. The molecule has 0 aliphatic rings. The molecule has 8 heteroatoms. The molecule has 0 spiro atoms. The second kappa shape index (κ2) is 6.29. The smallest absolute Gasteiger partial charge is 0.358 e. The normalized spacial score (nSPS) is 10.8. The largest absolute Gasteiger partial charge is 0.464 e. The summed E-state index contributed by atoms with van der Waals surface area (Å²) in [5.74, 6) is -1.37. The van der Waals surface area contributed by atoms with E-state index in [0.29, 0.717) is 11.6 Å². The van der Waals surface area contributed by atoms with Crippen molar-refractivity contribution in [3.63, 3.8) is 0 Å². The minimum atomic E-state index is -0.726. The summed E-state index contributed by atoms with van der Waals surface area (Å²) < 4.78 is 6.12. The Labute approximate surface area is 142 Å². The first-order valence-electron chi connectivity index (χ1n) is 6.97. The topological polar surface area (TPSA) is 100 Å². The molecule has 0 atom stereocenters. The van der Waals surface area contributed by atoms with Crippen molar-refractivity contribution in [2.75, 3.05) is 7.11 Å². The van der Waals surface area contributed by atoms with Gasteiger partial charge in [0, 0.05) is 24.3 Å². The van der Waals surface area contributed by atoms with Crippen LogP contribution in [0.4, 0.5) is 0 Å². The monoisotopic (exact) mass is 344 g/mol. The van der Waals surface area contributed by atoms with Gasteiger partial charge >= 0.3 is 5.97 Å². The maximum absolute atomic E-state index is 11.6. The molecule has 0 aliphatic carbocycles. The molecule has 0 saturated carbocycles. The Morgan fingerprint density at radius 3 is 2.83 bits per heavy atom. The van der Waals surface area contributed by atoms with Gasteiger partial charge in [-0.2, -0.15) is 0 Å². The molecule has 122 valence electrons. The van der Waals surface area contributed by atoms with Crippen LogP contribution >= 0.6 is 11.6 Å². The molecule has 7 nitrogen and oxygen atoms in total. The van der Waals surface area contributed by atoms with Crippen molar-refractivity contribution >= 4 is 34.4 Å². The van der Waals surface area contributed by atoms with Crippen molar-refractivity contribution in [1.29, 1.82) is 0 Å². The number of imidazole rings is 1. The van der Waals surface area contributed by atoms with E-state index in [-0.39, 0.29) is 11.5 Å². The number of nitrogens with zero attached hydrogens (tertiary/aromatic N) is 3. The molecule has 0 bridgehead atoms. The number of rotatable bonds is 4. The first-order valence-corrected chi connectivity index (χ1v) is 7.35. The molecule has 0 fully saturated rings. The highest BCUT2D eigenvalue weighted by Crippen LogP contribution is 2.19. The number of methoxy groups -OCH3 is 1. The van der Waals surface area contributed by atoms with E-state index in [2.05, 4.69) is 14.7 Å². The number of hydrogen-bond donors (Lipinski definition) is 1. The molecule has 1 aromatic carbocycles. The first kappa shape index (κ1) is 15.9. The van der Waals surface area contributed by atoms with Crippen molar-refractivity contribution in [3.05, 3.63) is 58.8 Å². The third-order valence-corrected chi connectivity index (χ3v) is 3.66. The number of aromatic nitrogens is 3. The lowest BCUT2D eigenvalue weighted by Crippen LogP contribution is -2.18. The minimum absolute atomic E-state index is 0.0142. The van der Waals surface area contributed by atoms with E-state index in [4.69, 9.17) is 17.3 Å². The summed E-state index contributed by atoms with van der Waals surface area (Å²) in [5, 5.41) is 1.40. The standard InChI is InChI=1S/C16H13ClN4O3/c1-24-16(23)13-8-21(15(20-13)14(18)22)7-9-2-3-12-10(4-9)5-11(17)6-19-12/h2-6,8H,7H2,1H3,(H2,18,22). The van der Waals surface area contributed by atoms with Crippen LogP contribution in [0.2, 0.25) is 5.02 Å². The molecular formula is C16H13ClN4O3. The third-order valence-electron chi connectivity index (χ3n) is 3.46. The SMILES string of the molecule is COC(=O)c1cn(Cc2ccc3ncc(Cl)cc3c2)c(C(N)=O)n1. The third kappa shape index (κ3) is 3.07. The minimum Gasteiger partial charge on any atom is -0.464 e.